The summed E-state index contributed by atoms with van der Waals surface area (Å²) in [6.45, 7) is -0.637. The van der Waals surface area contributed by atoms with Crippen molar-refractivity contribution in [3.63, 3.8) is 0 Å². The number of anilines is 2. The van der Waals surface area contributed by atoms with Crippen LogP contribution in [0.3, 0.4) is 0 Å². The summed E-state index contributed by atoms with van der Waals surface area (Å²) in [6.07, 6.45) is -4.72. The topological polar surface area (TPSA) is 97.7 Å². The van der Waals surface area contributed by atoms with Gasteiger partial charge in [-0.05, 0) is 48.0 Å². The number of halogens is 5. The van der Waals surface area contributed by atoms with Gasteiger partial charge >= 0.3 is 11.0 Å². The van der Waals surface area contributed by atoms with Crippen LogP contribution in [0.15, 0.2) is 76.6 Å². The average molecular weight is 695 g/mol. The maximum absolute atomic E-state index is 14.0. The third kappa shape index (κ3) is 5.51. The summed E-state index contributed by atoms with van der Waals surface area (Å²) in [5.74, 6) is -3.28. The minimum absolute atomic E-state index is 0.137. The molecule has 3 amide bonds. The Morgan fingerprint density at radius 2 is 1.69 bits per heavy atom. The van der Waals surface area contributed by atoms with Gasteiger partial charge in [0.1, 0.15) is 17.5 Å². The largest absolute Gasteiger partial charge is 0.497 e. The van der Waals surface area contributed by atoms with E-state index in [9.17, 15) is 32.3 Å². The van der Waals surface area contributed by atoms with Gasteiger partial charge in [-0.25, -0.2) is 4.90 Å². The fraction of sp³-hybridized carbons (Fsp3) is 0.200. The number of rotatable bonds is 6. The molecule has 1 fully saturated rings. The molecule has 1 aromatic heterocycles. The monoisotopic (exact) mass is 693 g/mol. The van der Waals surface area contributed by atoms with Crippen molar-refractivity contribution in [2.75, 3.05) is 17.3 Å². The lowest BCUT2D eigenvalue weighted by atomic mass is 9.83. The number of hydrogen-bond acceptors (Lipinski definition) is 7. The molecule has 4 aromatic rings. The van der Waals surface area contributed by atoms with Crippen LogP contribution in [-0.2, 0) is 27.1 Å². The molecule has 0 unspecified atom stereocenters. The smallest absolute Gasteiger partial charge is 0.418 e. The van der Waals surface area contributed by atoms with E-state index >= 15 is 0 Å². The number of thioether (sulfide) groups is 1. The summed E-state index contributed by atoms with van der Waals surface area (Å²) in [6, 6.07) is 15.7. The van der Waals surface area contributed by atoms with E-state index in [4.69, 9.17) is 27.9 Å². The molecule has 2 aliphatic rings. The van der Waals surface area contributed by atoms with E-state index in [1.807, 2.05) is 0 Å². The summed E-state index contributed by atoms with van der Waals surface area (Å²) in [7, 11) is 1.49. The molecule has 1 saturated heterocycles. The Balaban J connectivity index is 1.42. The number of benzene rings is 3. The molecule has 232 valence electrons. The number of para-hydroxylation sites is 1. The third-order valence-electron chi connectivity index (χ3n) is 7.50. The van der Waals surface area contributed by atoms with E-state index in [0.717, 1.165) is 44.7 Å². The molecule has 1 N–H and O–H groups in total. The van der Waals surface area contributed by atoms with Gasteiger partial charge in [0.2, 0.25) is 17.7 Å². The maximum atomic E-state index is 14.0. The van der Waals surface area contributed by atoms with Gasteiger partial charge in [0.15, 0.2) is 0 Å². The Bertz CT molecular complexity index is 1910. The molecule has 0 saturated carbocycles. The molecular weight excluding hydrogens is 674 g/mol. The molecule has 3 heterocycles. The molecular formula is C30H20Cl2F3N3O5S2. The maximum Gasteiger partial charge on any atom is 0.418 e. The van der Waals surface area contributed by atoms with Gasteiger partial charge in [-0.15, -0.1) is 0 Å². The summed E-state index contributed by atoms with van der Waals surface area (Å²) >= 11 is 14.7. The van der Waals surface area contributed by atoms with Crippen LogP contribution in [0.5, 0.6) is 5.75 Å². The van der Waals surface area contributed by atoms with Crippen molar-refractivity contribution in [2.24, 2.45) is 5.92 Å². The zero-order valence-corrected chi connectivity index (χ0v) is 26.1. The van der Waals surface area contributed by atoms with Crippen LogP contribution in [0.2, 0.25) is 10.0 Å². The SMILES string of the molecule is COc1ccc(N2C(=O)[C@H]3[C@H](c4cccc(Cl)c4Cl)c4sc(=O)n(CC(=O)Nc5ccccc5C(F)(F)F)c4S[C@H]3C2=O)cc1. The first-order valence-corrected chi connectivity index (χ1v) is 15.7. The Kier molecular flexibility index (Phi) is 8.23. The lowest BCUT2D eigenvalue weighted by Gasteiger charge is -2.31. The molecule has 3 aromatic carbocycles. The minimum Gasteiger partial charge on any atom is -0.497 e. The van der Waals surface area contributed by atoms with Crippen LogP contribution in [0.25, 0.3) is 0 Å². The number of amides is 3. The van der Waals surface area contributed by atoms with Crippen LogP contribution in [-0.4, -0.2) is 34.6 Å². The predicted molar refractivity (Wildman–Crippen MR) is 166 cm³/mol. The molecule has 15 heteroatoms. The number of nitrogens with one attached hydrogen (secondary N) is 1. The number of ether oxygens (including phenoxy) is 1. The lowest BCUT2D eigenvalue weighted by molar-refractivity contribution is -0.137. The number of methoxy groups -OCH3 is 1. The summed E-state index contributed by atoms with van der Waals surface area (Å²) in [5.41, 5.74) is -0.773. The van der Waals surface area contributed by atoms with Crippen molar-refractivity contribution < 1.29 is 32.3 Å². The number of alkyl halides is 3. The lowest BCUT2D eigenvalue weighted by Crippen LogP contribution is -2.33. The highest BCUT2D eigenvalue weighted by atomic mass is 35.5. The van der Waals surface area contributed by atoms with Gasteiger partial charge < -0.3 is 10.1 Å². The van der Waals surface area contributed by atoms with Crippen LogP contribution in [0.4, 0.5) is 24.5 Å². The van der Waals surface area contributed by atoms with E-state index in [-0.39, 0.29) is 15.1 Å². The van der Waals surface area contributed by atoms with E-state index in [0.29, 0.717) is 21.9 Å². The van der Waals surface area contributed by atoms with E-state index < -0.39 is 63.7 Å². The fourth-order valence-electron chi connectivity index (χ4n) is 5.51. The quantitative estimate of drug-likeness (QED) is 0.227. The Morgan fingerprint density at radius 1 is 0.978 bits per heavy atom. The zero-order chi connectivity index (χ0) is 32.2. The molecule has 3 atom stereocenters. The van der Waals surface area contributed by atoms with Crippen molar-refractivity contribution in [3.8, 4) is 5.75 Å². The second-order valence-electron chi connectivity index (χ2n) is 10.1. The molecule has 0 spiro atoms. The highest BCUT2D eigenvalue weighted by Crippen LogP contribution is 2.55. The van der Waals surface area contributed by atoms with Crippen LogP contribution >= 0.6 is 46.3 Å². The molecule has 0 radical (unpaired) electrons. The van der Waals surface area contributed by atoms with Gasteiger partial charge in [0.25, 0.3) is 0 Å². The molecule has 6 rings (SSSR count). The van der Waals surface area contributed by atoms with E-state index in [1.54, 1.807) is 42.5 Å². The molecule has 45 heavy (non-hydrogen) atoms. The minimum atomic E-state index is -4.72. The zero-order valence-electron chi connectivity index (χ0n) is 22.9. The molecule has 0 bridgehead atoms. The Morgan fingerprint density at radius 3 is 2.38 bits per heavy atom. The van der Waals surface area contributed by atoms with Gasteiger partial charge in [0.05, 0.1) is 45.0 Å². The van der Waals surface area contributed by atoms with Gasteiger partial charge in [-0.2, -0.15) is 13.2 Å². The van der Waals surface area contributed by atoms with Gasteiger partial charge in [-0.3, -0.25) is 23.7 Å². The third-order valence-corrected chi connectivity index (χ3v) is 10.9. The Labute approximate surface area is 271 Å². The molecule has 0 aliphatic carbocycles. The Hall–Kier alpha value is -3.78. The summed E-state index contributed by atoms with van der Waals surface area (Å²) in [5, 5.41) is 1.81. The number of nitrogens with zero attached hydrogens (tertiary/aromatic N) is 2. The van der Waals surface area contributed by atoms with Crippen molar-refractivity contribution in [1.29, 1.82) is 0 Å². The first kappa shape index (κ1) is 31.2. The van der Waals surface area contributed by atoms with E-state index in [2.05, 4.69) is 5.32 Å². The molecule has 8 nitrogen and oxygen atoms in total. The summed E-state index contributed by atoms with van der Waals surface area (Å²) in [4.78, 5) is 55.2. The van der Waals surface area contributed by atoms with Crippen LogP contribution in [0, 0.1) is 5.92 Å². The number of carbonyl (C=O) groups is 3. The van der Waals surface area contributed by atoms with Crippen molar-refractivity contribution >= 4 is 75.4 Å². The highest BCUT2D eigenvalue weighted by molar-refractivity contribution is 8.00. The normalized spacial score (nSPS) is 19.3. The van der Waals surface area contributed by atoms with Crippen LogP contribution in [0.1, 0.15) is 21.9 Å². The van der Waals surface area contributed by atoms with Crippen molar-refractivity contribution in [1.82, 2.24) is 4.57 Å². The molecule has 2 aliphatic heterocycles. The second-order valence-corrected chi connectivity index (χ2v) is 13.0. The van der Waals surface area contributed by atoms with Crippen LogP contribution < -0.4 is 19.8 Å². The van der Waals surface area contributed by atoms with Gasteiger partial charge in [0, 0.05) is 10.8 Å². The van der Waals surface area contributed by atoms with Crippen molar-refractivity contribution in [3.05, 3.63) is 102 Å². The van der Waals surface area contributed by atoms with Crippen molar-refractivity contribution in [2.45, 2.75) is 28.9 Å². The second kappa shape index (κ2) is 11.9. The fourth-order valence-corrected chi connectivity index (χ4v) is 8.70. The first-order chi connectivity index (χ1) is 21.4. The number of hydrogen-bond donors (Lipinski definition) is 1. The number of imide groups is 1. The number of fused-ring (bicyclic) bond motifs is 2. The number of thiazole rings is 1. The predicted octanol–water partition coefficient (Wildman–Crippen LogP) is 6.68. The van der Waals surface area contributed by atoms with Gasteiger partial charge in [-0.1, -0.05) is 70.6 Å². The van der Waals surface area contributed by atoms with E-state index in [1.165, 1.54) is 19.2 Å². The summed E-state index contributed by atoms with van der Waals surface area (Å²) < 4.78 is 46.8. The first-order valence-electron chi connectivity index (χ1n) is 13.2. The highest BCUT2D eigenvalue weighted by Gasteiger charge is 2.57. The standard InChI is InChI=1S/C30H20Cl2F3N3O5S2/c1-43-15-11-9-14(10-12-15)38-26(40)22-21(16-5-4-7-18(31)23(16)32)25-28(44-24(22)27(38)41)37(29(42)45-25)13-20(39)36-19-8-3-2-6-17(19)30(33,34)35/h2-12,21-22,24H,13H2,1H3,(H,36,39)/t21-,22-,24+/m0/s1. The average Bonchev–Trinajstić information content (AvgIpc) is 3.44. The number of carbonyl (C=O) groups excluding carboxylic acids is 3. The number of aromatic nitrogens is 1.